The van der Waals surface area contributed by atoms with E-state index in [1.54, 1.807) is 0 Å². The summed E-state index contributed by atoms with van der Waals surface area (Å²) in [7, 11) is 0. The van der Waals surface area contributed by atoms with Gasteiger partial charge in [0.25, 0.3) is 0 Å². The highest BCUT2D eigenvalue weighted by atomic mass is 32.2. The minimum absolute atomic E-state index is 0.137. The number of carbonyl (C=O) groups excluding carboxylic acids is 1. The van der Waals surface area contributed by atoms with Gasteiger partial charge in [-0.05, 0) is 56.2 Å². The van der Waals surface area contributed by atoms with Crippen molar-refractivity contribution < 1.29 is 4.79 Å². The number of rotatable bonds is 5. The standard InChI is InChI=1S/C23H22N4OS2/c1-14-13-29-23(25-14)27-21(28)15(2)30-22-19(12-24)11-18-10-17(8-9-20(18)26-22)16-6-4-3-5-7-16/h3-7,11,13,15,17H,8-10H2,1-2H3,(H,25,27,28). The molecule has 2 heterocycles. The smallest absolute Gasteiger partial charge is 0.239 e. The van der Waals surface area contributed by atoms with Crippen LogP contribution in [0.25, 0.3) is 0 Å². The SMILES string of the molecule is Cc1csc(NC(=O)C(C)Sc2nc3c(cc2C#N)CC(c2ccccc2)CC3)n1. The second-order valence-corrected chi connectivity index (χ2v) is 9.64. The van der Waals surface area contributed by atoms with Crippen LogP contribution in [0.5, 0.6) is 0 Å². The molecule has 0 bridgehead atoms. The number of hydrogen-bond donors (Lipinski definition) is 1. The van der Waals surface area contributed by atoms with E-state index in [9.17, 15) is 10.1 Å². The monoisotopic (exact) mass is 434 g/mol. The van der Waals surface area contributed by atoms with Crippen LogP contribution in [0.1, 0.15) is 47.3 Å². The van der Waals surface area contributed by atoms with Crippen LogP contribution >= 0.6 is 23.1 Å². The quantitative estimate of drug-likeness (QED) is 0.565. The van der Waals surface area contributed by atoms with Gasteiger partial charge in [0.15, 0.2) is 5.13 Å². The first-order valence-corrected chi connectivity index (χ1v) is 11.7. The summed E-state index contributed by atoms with van der Waals surface area (Å²) in [6.07, 6.45) is 2.82. The van der Waals surface area contributed by atoms with Gasteiger partial charge in [-0.2, -0.15) is 5.26 Å². The number of anilines is 1. The number of aromatic nitrogens is 2. The summed E-state index contributed by atoms with van der Waals surface area (Å²) in [5.41, 5.74) is 4.95. The average Bonchev–Trinajstić information content (AvgIpc) is 3.17. The Hall–Kier alpha value is -2.69. The Morgan fingerprint density at radius 2 is 2.13 bits per heavy atom. The molecule has 2 aromatic heterocycles. The highest BCUT2D eigenvalue weighted by molar-refractivity contribution is 8.00. The number of amides is 1. The highest BCUT2D eigenvalue weighted by Crippen LogP contribution is 2.35. The van der Waals surface area contributed by atoms with E-state index in [2.05, 4.69) is 40.6 Å². The maximum atomic E-state index is 12.5. The zero-order valence-electron chi connectivity index (χ0n) is 16.9. The third kappa shape index (κ3) is 4.55. The minimum atomic E-state index is -0.382. The molecular weight excluding hydrogens is 412 g/mol. The first kappa shape index (κ1) is 20.6. The molecular formula is C23H22N4OS2. The molecule has 1 aliphatic rings. The molecule has 5 nitrogen and oxygen atoms in total. The average molecular weight is 435 g/mol. The molecule has 1 aliphatic carbocycles. The van der Waals surface area contributed by atoms with Crippen LogP contribution in [0.2, 0.25) is 0 Å². The molecule has 3 aromatic rings. The largest absolute Gasteiger partial charge is 0.301 e. The summed E-state index contributed by atoms with van der Waals surface area (Å²) in [5.74, 6) is 0.318. The second kappa shape index (κ2) is 8.99. The van der Waals surface area contributed by atoms with Crippen LogP contribution in [0, 0.1) is 18.3 Å². The maximum absolute atomic E-state index is 12.5. The number of thioether (sulfide) groups is 1. The van der Waals surface area contributed by atoms with Gasteiger partial charge in [0.1, 0.15) is 11.1 Å². The van der Waals surface area contributed by atoms with Crippen molar-refractivity contribution in [2.24, 2.45) is 0 Å². The van der Waals surface area contributed by atoms with E-state index >= 15 is 0 Å². The number of pyridine rings is 1. The van der Waals surface area contributed by atoms with E-state index in [0.717, 1.165) is 36.2 Å². The van der Waals surface area contributed by atoms with E-state index in [4.69, 9.17) is 4.98 Å². The molecule has 0 spiro atoms. The lowest BCUT2D eigenvalue weighted by Crippen LogP contribution is -2.23. The second-order valence-electron chi connectivity index (χ2n) is 7.45. The Morgan fingerprint density at radius 1 is 1.33 bits per heavy atom. The van der Waals surface area contributed by atoms with E-state index in [1.165, 1.54) is 28.7 Å². The van der Waals surface area contributed by atoms with Crippen molar-refractivity contribution in [1.29, 1.82) is 5.26 Å². The third-order valence-electron chi connectivity index (χ3n) is 5.25. The van der Waals surface area contributed by atoms with Crippen molar-refractivity contribution in [3.63, 3.8) is 0 Å². The first-order valence-electron chi connectivity index (χ1n) is 9.91. The van der Waals surface area contributed by atoms with Gasteiger partial charge in [0.2, 0.25) is 5.91 Å². The van der Waals surface area contributed by atoms with E-state index in [0.29, 0.717) is 21.6 Å². The number of carbonyl (C=O) groups is 1. The van der Waals surface area contributed by atoms with E-state index in [-0.39, 0.29) is 11.2 Å². The van der Waals surface area contributed by atoms with Crippen molar-refractivity contribution in [2.75, 3.05) is 5.32 Å². The summed E-state index contributed by atoms with van der Waals surface area (Å²) in [5, 5.41) is 15.3. The number of aryl methyl sites for hydroxylation is 2. The van der Waals surface area contributed by atoms with E-state index < -0.39 is 0 Å². The number of benzene rings is 1. The zero-order valence-corrected chi connectivity index (χ0v) is 18.5. The van der Waals surface area contributed by atoms with Gasteiger partial charge in [-0.3, -0.25) is 4.79 Å². The predicted molar refractivity (Wildman–Crippen MR) is 121 cm³/mol. The highest BCUT2D eigenvalue weighted by Gasteiger charge is 2.25. The van der Waals surface area contributed by atoms with Gasteiger partial charge in [-0.1, -0.05) is 42.1 Å². The molecule has 0 aliphatic heterocycles. The predicted octanol–water partition coefficient (Wildman–Crippen LogP) is 5.11. The number of fused-ring (bicyclic) bond motifs is 1. The summed E-state index contributed by atoms with van der Waals surface area (Å²) in [6, 6.07) is 14.8. The fraction of sp³-hybridized carbons (Fsp3) is 0.304. The summed E-state index contributed by atoms with van der Waals surface area (Å²) in [6.45, 7) is 3.72. The molecule has 7 heteroatoms. The molecule has 0 saturated heterocycles. The van der Waals surface area contributed by atoms with Crippen LogP contribution in [0.3, 0.4) is 0 Å². The molecule has 0 saturated carbocycles. The van der Waals surface area contributed by atoms with Gasteiger partial charge >= 0.3 is 0 Å². The van der Waals surface area contributed by atoms with Gasteiger partial charge < -0.3 is 5.32 Å². The molecule has 1 amide bonds. The maximum Gasteiger partial charge on any atom is 0.239 e. The Bertz CT molecular complexity index is 1100. The van der Waals surface area contributed by atoms with Gasteiger partial charge in [-0.25, -0.2) is 9.97 Å². The van der Waals surface area contributed by atoms with Crippen LogP contribution < -0.4 is 5.32 Å². The first-order chi connectivity index (χ1) is 14.5. The van der Waals surface area contributed by atoms with Crippen molar-refractivity contribution >= 4 is 34.1 Å². The number of hydrogen-bond acceptors (Lipinski definition) is 6. The Balaban J connectivity index is 1.50. The molecule has 4 rings (SSSR count). The lowest BCUT2D eigenvalue weighted by Gasteiger charge is -2.25. The number of nitrogens with one attached hydrogen (secondary N) is 1. The molecule has 2 unspecified atom stereocenters. The van der Waals surface area contributed by atoms with Crippen molar-refractivity contribution in [2.45, 2.75) is 49.3 Å². The summed E-state index contributed by atoms with van der Waals surface area (Å²) >= 11 is 2.74. The van der Waals surface area contributed by atoms with Crippen LogP contribution in [-0.2, 0) is 17.6 Å². The minimum Gasteiger partial charge on any atom is -0.301 e. The molecule has 1 aromatic carbocycles. The molecule has 0 radical (unpaired) electrons. The normalized spacial score (nSPS) is 16.4. The Labute approximate surface area is 184 Å². The molecule has 0 fully saturated rings. The fourth-order valence-corrected chi connectivity index (χ4v) is 5.25. The third-order valence-corrected chi connectivity index (χ3v) is 7.23. The lowest BCUT2D eigenvalue weighted by molar-refractivity contribution is -0.115. The van der Waals surface area contributed by atoms with Crippen LogP contribution in [-0.4, -0.2) is 21.1 Å². The molecule has 152 valence electrons. The number of nitrogens with zero attached hydrogens (tertiary/aromatic N) is 3. The fourth-order valence-electron chi connectivity index (χ4n) is 3.66. The number of nitriles is 1. The van der Waals surface area contributed by atoms with Crippen molar-refractivity contribution in [3.05, 3.63) is 69.9 Å². The van der Waals surface area contributed by atoms with Crippen molar-refractivity contribution in [1.82, 2.24) is 9.97 Å². The van der Waals surface area contributed by atoms with Crippen molar-refractivity contribution in [3.8, 4) is 6.07 Å². The lowest BCUT2D eigenvalue weighted by atomic mass is 9.82. The summed E-state index contributed by atoms with van der Waals surface area (Å²) < 4.78 is 0. The summed E-state index contributed by atoms with van der Waals surface area (Å²) in [4.78, 5) is 21.6. The zero-order chi connectivity index (χ0) is 21.1. The molecule has 30 heavy (non-hydrogen) atoms. The van der Waals surface area contributed by atoms with Gasteiger partial charge in [0.05, 0.1) is 16.5 Å². The van der Waals surface area contributed by atoms with E-state index in [1.807, 2.05) is 31.4 Å². The van der Waals surface area contributed by atoms with Crippen LogP contribution in [0.15, 0.2) is 46.8 Å². The molecule has 2 atom stereocenters. The van der Waals surface area contributed by atoms with Gasteiger partial charge in [-0.15, -0.1) is 11.3 Å². The Kier molecular flexibility index (Phi) is 6.16. The number of thiazole rings is 1. The Morgan fingerprint density at radius 3 is 2.83 bits per heavy atom. The molecule has 1 N–H and O–H groups in total. The topological polar surface area (TPSA) is 78.7 Å². The van der Waals surface area contributed by atoms with Crippen LogP contribution in [0.4, 0.5) is 5.13 Å². The van der Waals surface area contributed by atoms with Gasteiger partial charge in [0, 0.05) is 11.1 Å².